The van der Waals surface area contributed by atoms with Crippen LogP contribution >= 0.6 is 21.6 Å². The highest BCUT2D eigenvalue weighted by atomic mass is 33.1. The first-order valence-corrected chi connectivity index (χ1v) is 7.31. The molecule has 0 atom stereocenters. The summed E-state index contributed by atoms with van der Waals surface area (Å²) in [7, 11) is 3.38. The van der Waals surface area contributed by atoms with Crippen LogP contribution in [0.4, 0.5) is 0 Å². The first-order chi connectivity index (χ1) is 7.77. The second kappa shape index (κ2) is 12.7. The van der Waals surface area contributed by atoms with Gasteiger partial charge in [-0.05, 0) is 0 Å². The van der Waals surface area contributed by atoms with Crippen LogP contribution in [0.2, 0.25) is 0 Å². The number of hydrogen-bond donors (Lipinski definition) is 1. The number of aliphatic carboxylic acids is 1. The molecule has 0 aliphatic rings. The molecule has 0 heterocycles. The summed E-state index contributed by atoms with van der Waals surface area (Å²) in [4.78, 5) is 10.1. The average Bonchev–Trinajstić information content (AvgIpc) is 2.25. The Hall–Kier alpha value is -0.350. The maximum absolute atomic E-state index is 10.1. The summed E-state index contributed by atoms with van der Waals surface area (Å²) in [5.41, 5.74) is 0. The van der Waals surface area contributed by atoms with Gasteiger partial charge in [-0.15, -0.1) is 6.42 Å². The summed E-state index contributed by atoms with van der Waals surface area (Å²) < 4.78 is 10.2. The van der Waals surface area contributed by atoms with Crippen molar-refractivity contribution in [1.29, 1.82) is 0 Å². The van der Waals surface area contributed by atoms with E-state index in [0.717, 1.165) is 11.5 Å². The van der Waals surface area contributed by atoms with E-state index in [2.05, 4.69) is 5.92 Å². The van der Waals surface area contributed by atoms with Crippen molar-refractivity contribution in [2.45, 2.75) is 6.42 Å². The molecule has 4 nitrogen and oxygen atoms in total. The monoisotopic (exact) mass is 264 g/mol. The fraction of sp³-hybridized carbons (Fsp3) is 0.700. The summed E-state index contributed by atoms with van der Waals surface area (Å²) in [6.07, 6.45) is 5.08. The maximum Gasteiger partial charge on any atom is 0.305 e. The Morgan fingerprint density at radius 1 is 1.19 bits per heavy atom. The SMILES string of the molecule is C#CCOCCSSCCOCCC(=O)O. The van der Waals surface area contributed by atoms with Gasteiger partial charge >= 0.3 is 5.97 Å². The zero-order valence-corrected chi connectivity index (χ0v) is 10.6. The Morgan fingerprint density at radius 2 is 1.81 bits per heavy atom. The largest absolute Gasteiger partial charge is 0.481 e. The highest BCUT2D eigenvalue weighted by Crippen LogP contribution is 2.20. The van der Waals surface area contributed by atoms with E-state index >= 15 is 0 Å². The summed E-state index contributed by atoms with van der Waals surface area (Å²) in [6, 6.07) is 0. The molecule has 0 aromatic rings. The molecule has 0 aromatic heterocycles. The summed E-state index contributed by atoms with van der Waals surface area (Å²) in [5.74, 6) is 3.31. The van der Waals surface area contributed by atoms with Crippen LogP contribution in [0.25, 0.3) is 0 Å². The predicted molar refractivity (Wildman–Crippen MR) is 67.6 cm³/mol. The van der Waals surface area contributed by atoms with Crippen LogP contribution in [0.5, 0.6) is 0 Å². The normalized spacial score (nSPS) is 9.94. The van der Waals surface area contributed by atoms with Crippen molar-refractivity contribution in [2.24, 2.45) is 0 Å². The van der Waals surface area contributed by atoms with Crippen LogP contribution in [-0.4, -0.2) is 49.0 Å². The molecule has 1 N–H and O–H groups in total. The Morgan fingerprint density at radius 3 is 2.38 bits per heavy atom. The quantitative estimate of drug-likeness (QED) is 0.347. The topological polar surface area (TPSA) is 55.8 Å². The summed E-state index contributed by atoms with van der Waals surface area (Å²) in [5, 5.41) is 8.34. The highest BCUT2D eigenvalue weighted by Gasteiger charge is 1.96. The first-order valence-electron chi connectivity index (χ1n) is 4.82. The van der Waals surface area contributed by atoms with Gasteiger partial charge in [0.2, 0.25) is 0 Å². The molecule has 0 bridgehead atoms. The van der Waals surface area contributed by atoms with Crippen molar-refractivity contribution in [3.63, 3.8) is 0 Å². The van der Waals surface area contributed by atoms with E-state index < -0.39 is 5.97 Å². The third-order valence-corrected chi connectivity index (χ3v) is 3.68. The smallest absolute Gasteiger partial charge is 0.305 e. The maximum atomic E-state index is 10.1. The van der Waals surface area contributed by atoms with E-state index in [1.54, 1.807) is 21.6 Å². The standard InChI is InChI=1S/C10H16O4S2/c1-2-4-13-6-8-15-16-9-7-14-5-3-10(11)12/h1H,3-9H2,(H,11,12). The molecule has 0 aromatic carbocycles. The van der Waals surface area contributed by atoms with Crippen LogP contribution in [0, 0.1) is 12.3 Å². The van der Waals surface area contributed by atoms with E-state index in [0.29, 0.717) is 19.8 Å². The van der Waals surface area contributed by atoms with Crippen molar-refractivity contribution >= 4 is 27.6 Å². The number of terminal acetylenes is 1. The number of hydrogen-bond acceptors (Lipinski definition) is 5. The third kappa shape index (κ3) is 13.7. The number of ether oxygens (including phenoxy) is 2. The van der Waals surface area contributed by atoms with Gasteiger partial charge in [-0.3, -0.25) is 4.79 Å². The molecule has 0 fully saturated rings. The Bertz CT molecular complexity index is 215. The lowest BCUT2D eigenvalue weighted by atomic mass is 10.5. The summed E-state index contributed by atoms with van der Waals surface area (Å²) >= 11 is 0. The second-order valence-electron chi connectivity index (χ2n) is 2.66. The van der Waals surface area contributed by atoms with Crippen LogP contribution in [0.15, 0.2) is 0 Å². The number of carboxylic acid groups (broad SMARTS) is 1. The lowest BCUT2D eigenvalue weighted by molar-refractivity contribution is -0.138. The molecule has 6 heteroatoms. The van der Waals surface area contributed by atoms with Gasteiger partial charge < -0.3 is 14.6 Å². The Kier molecular flexibility index (Phi) is 12.4. The van der Waals surface area contributed by atoms with Gasteiger partial charge in [0.25, 0.3) is 0 Å². The van der Waals surface area contributed by atoms with Gasteiger partial charge in [0, 0.05) is 11.5 Å². The molecule has 16 heavy (non-hydrogen) atoms. The molecule has 0 aliphatic carbocycles. The van der Waals surface area contributed by atoms with E-state index in [-0.39, 0.29) is 13.0 Å². The van der Waals surface area contributed by atoms with E-state index in [1.165, 1.54) is 0 Å². The Balaban J connectivity index is 2.94. The summed E-state index contributed by atoms with van der Waals surface area (Å²) in [6.45, 7) is 1.88. The number of carbonyl (C=O) groups is 1. The highest BCUT2D eigenvalue weighted by molar-refractivity contribution is 8.76. The van der Waals surface area contributed by atoms with Gasteiger partial charge in [-0.25, -0.2) is 0 Å². The first kappa shape index (κ1) is 15.7. The van der Waals surface area contributed by atoms with Gasteiger partial charge in [0.1, 0.15) is 6.61 Å². The lowest BCUT2D eigenvalue weighted by Crippen LogP contribution is -2.04. The van der Waals surface area contributed by atoms with E-state index in [4.69, 9.17) is 21.0 Å². The molecule has 0 amide bonds. The molecule has 0 saturated heterocycles. The minimum Gasteiger partial charge on any atom is -0.481 e. The van der Waals surface area contributed by atoms with Crippen molar-refractivity contribution in [3.8, 4) is 12.3 Å². The van der Waals surface area contributed by atoms with Crippen molar-refractivity contribution in [3.05, 3.63) is 0 Å². The van der Waals surface area contributed by atoms with Gasteiger partial charge in [0.05, 0.1) is 26.2 Å². The van der Waals surface area contributed by atoms with Crippen LogP contribution in [0.3, 0.4) is 0 Å². The molecular weight excluding hydrogens is 248 g/mol. The average molecular weight is 264 g/mol. The molecule has 0 aliphatic heterocycles. The van der Waals surface area contributed by atoms with Crippen molar-refractivity contribution in [2.75, 3.05) is 37.9 Å². The number of rotatable bonds is 11. The van der Waals surface area contributed by atoms with E-state index in [1.807, 2.05) is 0 Å². The van der Waals surface area contributed by atoms with Gasteiger partial charge in [0.15, 0.2) is 0 Å². The lowest BCUT2D eigenvalue weighted by Gasteiger charge is -2.02. The Labute approximate surface area is 104 Å². The minimum absolute atomic E-state index is 0.0672. The molecule has 0 spiro atoms. The van der Waals surface area contributed by atoms with E-state index in [9.17, 15) is 4.79 Å². The molecule has 92 valence electrons. The van der Waals surface area contributed by atoms with Crippen molar-refractivity contribution in [1.82, 2.24) is 0 Å². The third-order valence-electron chi connectivity index (χ3n) is 1.35. The van der Waals surface area contributed by atoms with Crippen LogP contribution in [-0.2, 0) is 14.3 Å². The minimum atomic E-state index is -0.826. The van der Waals surface area contributed by atoms with Gasteiger partial charge in [-0.2, -0.15) is 0 Å². The zero-order valence-electron chi connectivity index (χ0n) is 9.02. The second-order valence-corrected chi connectivity index (χ2v) is 5.36. The van der Waals surface area contributed by atoms with Crippen LogP contribution in [0.1, 0.15) is 6.42 Å². The molecule has 0 rings (SSSR count). The zero-order chi connectivity index (χ0) is 12.1. The fourth-order valence-electron chi connectivity index (χ4n) is 0.696. The molecule has 0 saturated carbocycles. The van der Waals surface area contributed by atoms with Crippen LogP contribution < -0.4 is 0 Å². The van der Waals surface area contributed by atoms with Gasteiger partial charge in [-0.1, -0.05) is 27.5 Å². The molecule has 0 unspecified atom stereocenters. The molecule has 0 radical (unpaired) electrons. The fourth-order valence-corrected chi connectivity index (χ4v) is 2.42. The van der Waals surface area contributed by atoms with Crippen molar-refractivity contribution < 1.29 is 19.4 Å². The number of carboxylic acids is 1. The predicted octanol–water partition coefficient (Wildman–Crippen LogP) is 1.51. The molecular formula is C10H16O4S2.